The predicted octanol–water partition coefficient (Wildman–Crippen LogP) is 3.99. The Labute approximate surface area is 110 Å². The molecule has 7 heteroatoms. The summed E-state index contributed by atoms with van der Waals surface area (Å²) in [6, 6.07) is 4.16. The van der Waals surface area contributed by atoms with Crippen molar-refractivity contribution in [2.45, 2.75) is 12.3 Å². The van der Waals surface area contributed by atoms with Gasteiger partial charge in [-0.3, -0.25) is 0 Å². The Kier molecular flexibility index (Phi) is 3.29. The second kappa shape index (κ2) is 4.48. The summed E-state index contributed by atoms with van der Waals surface area (Å²) in [7, 11) is 0. The van der Waals surface area contributed by atoms with Gasteiger partial charge in [0.2, 0.25) is 0 Å². The van der Waals surface area contributed by atoms with Gasteiger partial charge in [0, 0.05) is 0 Å². The second-order valence-electron chi connectivity index (χ2n) is 3.57. The molecule has 1 atom stereocenters. The fraction of sp³-hybridized carbons (Fsp3) is 0.182. The largest absolute Gasteiger partial charge is 0.447 e. The molecule has 2 rings (SSSR count). The number of esters is 1. The first-order valence-corrected chi connectivity index (χ1v) is 5.49. The molecule has 0 fully saturated rings. The van der Waals surface area contributed by atoms with Gasteiger partial charge in [-0.1, -0.05) is 35.3 Å². The maximum absolute atomic E-state index is 12.4. The molecule has 0 spiro atoms. The summed E-state index contributed by atoms with van der Waals surface area (Å²) >= 11 is 11.3. The summed E-state index contributed by atoms with van der Waals surface area (Å²) in [5.74, 6) is -0.786. The summed E-state index contributed by atoms with van der Waals surface area (Å²) in [5.41, 5.74) is -0.459. The molecule has 0 aromatic heterocycles. The Morgan fingerprint density at radius 2 is 1.67 bits per heavy atom. The molecule has 1 unspecified atom stereocenters. The SMILES string of the molecule is O=C1OC(c2ccc(C(F)(F)F)cc2)C(Cl)=C1Cl. The van der Waals surface area contributed by atoms with E-state index in [1.165, 1.54) is 12.1 Å². The van der Waals surface area contributed by atoms with Gasteiger partial charge in [0.15, 0.2) is 6.10 Å². The van der Waals surface area contributed by atoms with Crippen molar-refractivity contribution < 1.29 is 22.7 Å². The van der Waals surface area contributed by atoms with Gasteiger partial charge in [-0.2, -0.15) is 13.2 Å². The standard InChI is InChI=1S/C11H5Cl2F3O2/c12-7-8(13)10(17)18-9(7)5-1-3-6(4-2-5)11(14,15)16/h1-4,9H. The fourth-order valence-corrected chi connectivity index (χ4v) is 1.88. The normalized spacial score (nSPS) is 20.3. The number of benzene rings is 1. The average Bonchev–Trinajstić information content (AvgIpc) is 2.56. The number of cyclic esters (lactones) is 1. The zero-order chi connectivity index (χ0) is 13.5. The summed E-state index contributed by atoms with van der Waals surface area (Å²) in [6.45, 7) is 0. The van der Waals surface area contributed by atoms with Crippen LogP contribution in [0.1, 0.15) is 17.2 Å². The van der Waals surface area contributed by atoms with Gasteiger partial charge in [-0.25, -0.2) is 4.79 Å². The van der Waals surface area contributed by atoms with Crippen LogP contribution in [0.3, 0.4) is 0 Å². The second-order valence-corrected chi connectivity index (χ2v) is 4.35. The summed E-state index contributed by atoms with van der Waals surface area (Å²) in [6.07, 6.45) is -5.35. The number of hydrogen-bond donors (Lipinski definition) is 0. The number of carbonyl (C=O) groups is 1. The summed E-state index contributed by atoms with van der Waals surface area (Å²) in [4.78, 5) is 11.1. The average molecular weight is 297 g/mol. The molecule has 1 aromatic rings. The van der Waals surface area contributed by atoms with Gasteiger partial charge >= 0.3 is 12.1 Å². The lowest BCUT2D eigenvalue weighted by atomic mass is 10.1. The van der Waals surface area contributed by atoms with Crippen LogP contribution < -0.4 is 0 Å². The molecule has 0 N–H and O–H groups in total. The van der Waals surface area contributed by atoms with Crippen molar-refractivity contribution in [1.82, 2.24) is 0 Å². The lowest BCUT2D eigenvalue weighted by Crippen LogP contribution is -2.06. The lowest BCUT2D eigenvalue weighted by molar-refractivity contribution is -0.140. The predicted molar refractivity (Wildman–Crippen MR) is 59.0 cm³/mol. The minimum atomic E-state index is -4.41. The number of rotatable bonds is 1. The molecular weight excluding hydrogens is 292 g/mol. The molecule has 0 saturated carbocycles. The number of carbonyl (C=O) groups excluding carboxylic acids is 1. The van der Waals surface area contributed by atoms with E-state index >= 15 is 0 Å². The first kappa shape index (κ1) is 13.2. The van der Waals surface area contributed by atoms with Crippen LogP contribution in [0.4, 0.5) is 13.2 Å². The van der Waals surface area contributed by atoms with E-state index in [1.807, 2.05) is 0 Å². The molecule has 2 nitrogen and oxygen atoms in total. The first-order chi connectivity index (χ1) is 8.30. The van der Waals surface area contributed by atoms with Crippen molar-refractivity contribution in [2.75, 3.05) is 0 Å². The van der Waals surface area contributed by atoms with Crippen molar-refractivity contribution in [1.29, 1.82) is 0 Å². The Hall–Kier alpha value is -1.20. The van der Waals surface area contributed by atoms with E-state index in [0.717, 1.165) is 12.1 Å². The van der Waals surface area contributed by atoms with Gasteiger partial charge in [0.1, 0.15) is 5.03 Å². The van der Waals surface area contributed by atoms with Crippen LogP contribution in [0.15, 0.2) is 34.3 Å². The van der Waals surface area contributed by atoms with Crippen LogP contribution in [-0.2, 0) is 15.7 Å². The minimum absolute atomic E-state index is 0.0265. The van der Waals surface area contributed by atoms with Crippen molar-refractivity contribution in [3.8, 4) is 0 Å². The highest BCUT2D eigenvalue weighted by Crippen LogP contribution is 2.40. The lowest BCUT2D eigenvalue weighted by Gasteiger charge is -2.12. The monoisotopic (exact) mass is 296 g/mol. The smallest absolute Gasteiger partial charge is 0.416 e. The van der Waals surface area contributed by atoms with Gasteiger partial charge in [-0.05, 0) is 17.7 Å². The van der Waals surface area contributed by atoms with Gasteiger partial charge in [0.25, 0.3) is 0 Å². The number of ether oxygens (including phenoxy) is 1. The topological polar surface area (TPSA) is 26.3 Å². The van der Waals surface area contributed by atoms with E-state index in [9.17, 15) is 18.0 Å². The Morgan fingerprint density at radius 1 is 1.11 bits per heavy atom. The molecule has 0 aliphatic carbocycles. The number of alkyl halides is 3. The van der Waals surface area contributed by atoms with Crippen LogP contribution in [0, 0.1) is 0 Å². The van der Waals surface area contributed by atoms with Crippen LogP contribution >= 0.6 is 23.2 Å². The number of hydrogen-bond acceptors (Lipinski definition) is 2. The van der Waals surface area contributed by atoms with Gasteiger partial charge in [-0.15, -0.1) is 0 Å². The highest BCUT2D eigenvalue weighted by atomic mass is 35.5. The molecule has 18 heavy (non-hydrogen) atoms. The Bertz CT molecular complexity index is 520. The molecule has 0 amide bonds. The van der Waals surface area contributed by atoms with Crippen molar-refractivity contribution in [2.24, 2.45) is 0 Å². The van der Waals surface area contributed by atoms with E-state index in [4.69, 9.17) is 27.9 Å². The molecule has 1 aliphatic rings. The molecule has 1 aromatic carbocycles. The van der Waals surface area contributed by atoms with E-state index in [0.29, 0.717) is 5.56 Å². The molecular formula is C11H5Cl2F3O2. The van der Waals surface area contributed by atoms with Crippen LogP contribution in [0.5, 0.6) is 0 Å². The van der Waals surface area contributed by atoms with Crippen molar-refractivity contribution >= 4 is 29.2 Å². The highest BCUT2D eigenvalue weighted by Gasteiger charge is 2.34. The molecule has 0 saturated heterocycles. The summed E-state index contributed by atoms with van der Waals surface area (Å²) in [5, 5.41) is -0.275. The van der Waals surface area contributed by atoms with Crippen LogP contribution in [0.2, 0.25) is 0 Å². The van der Waals surface area contributed by atoms with Gasteiger partial charge < -0.3 is 4.74 Å². The van der Waals surface area contributed by atoms with Crippen LogP contribution in [0.25, 0.3) is 0 Å². The third-order valence-corrected chi connectivity index (χ3v) is 3.23. The van der Waals surface area contributed by atoms with E-state index < -0.39 is 23.8 Å². The van der Waals surface area contributed by atoms with Crippen LogP contribution in [-0.4, -0.2) is 5.97 Å². The molecule has 1 aliphatic heterocycles. The van der Waals surface area contributed by atoms with Crippen molar-refractivity contribution in [3.63, 3.8) is 0 Å². The third-order valence-electron chi connectivity index (χ3n) is 2.38. The zero-order valence-electron chi connectivity index (χ0n) is 8.59. The van der Waals surface area contributed by atoms with Gasteiger partial charge in [0.05, 0.1) is 10.6 Å². The Balaban J connectivity index is 2.30. The molecule has 0 radical (unpaired) electrons. The fourth-order valence-electron chi connectivity index (χ4n) is 1.48. The molecule has 1 heterocycles. The maximum atomic E-state index is 12.4. The number of halogens is 5. The van der Waals surface area contributed by atoms with Crippen molar-refractivity contribution in [3.05, 3.63) is 45.5 Å². The molecule has 0 bridgehead atoms. The minimum Gasteiger partial charge on any atom is -0.447 e. The first-order valence-electron chi connectivity index (χ1n) is 4.74. The zero-order valence-corrected chi connectivity index (χ0v) is 10.1. The highest BCUT2D eigenvalue weighted by molar-refractivity contribution is 6.48. The van der Waals surface area contributed by atoms with E-state index in [2.05, 4.69) is 0 Å². The quantitative estimate of drug-likeness (QED) is 0.733. The Morgan fingerprint density at radius 3 is 2.06 bits per heavy atom. The van der Waals surface area contributed by atoms with E-state index in [-0.39, 0.29) is 10.1 Å². The maximum Gasteiger partial charge on any atom is 0.416 e. The third kappa shape index (κ3) is 2.33. The van der Waals surface area contributed by atoms with E-state index in [1.54, 1.807) is 0 Å². The summed E-state index contributed by atoms with van der Waals surface area (Å²) < 4.78 is 41.9. The molecule has 96 valence electrons.